The SMILES string of the molecule is Cc1ccc(C(=O)NNC(=O)c2cc(-c3ccccc3)nn2-c2ccccc2)cc1. The average Bonchev–Trinajstić information content (AvgIpc) is 3.25. The molecule has 0 saturated heterocycles. The lowest BCUT2D eigenvalue weighted by molar-refractivity contribution is 0.0842. The fourth-order valence-corrected chi connectivity index (χ4v) is 3.01. The van der Waals surface area contributed by atoms with Crippen molar-refractivity contribution >= 4 is 11.8 Å². The molecule has 0 unspecified atom stereocenters. The monoisotopic (exact) mass is 396 g/mol. The van der Waals surface area contributed by atoms with Crippen LogP contribution in [-0.2, 0) is 0 Å². The van der Waals surface area contributed by atoms with Crippen molar-refractivity contribution in [1.82, 2.24) is 20.6 Å². The summed E-state index contributed by atoms with van der Waals surface area (Å²) in [7, 11) is 0. The maximum atomic E-state index is 12.9. The first-order valence-corrected chi connectivity index (χ1v) is 9.50. The van der Waals surface area contributed by atoms with E-state index >= 15 is 0 Å². The highest BCUT2D eigenvalue weighted by Gasteiger charge is 2.18. The van der Waals surface area contributed by atoms with E-state index in [-0.39, 0.29) is 0 Å². The Bertz CT molecular complexity index is 1170. The fourth-order valence-electron chi connectivity index (χ4n) is 3.01. The molecular formula is C24H20N4O2. The van der Waals surface area contributed by atoms with Crippen LogP contribution in [0.5, 0.6) is 0 Å². The van der Waals surface area contributed by atoms with E-state index in [0.717, 1.165) is 16.8 Å². The summed E-state index contributed by atoms with van der Waals surface area (Å²) in [6.45, 7) is 1.94. The number of nitrogens with one attached hydrogen (secondary N) is 2. The molecule has 0 atom stereocenters. The van der Waals surface area contributed by atoms with Crippen molar-refractivity contribution < 1.29 is 9.59 Å². The van der Waals surface area contributed by atoms with Crippen LogP contribution >= 0.6 is 0 Å². The Morgan fingerprint density at radius 2 is 1.37 bits per heavy atom. The minimum atomic E-state index is -0.464. The van der Waals surface area contributed by atoms with Gasteiger partial charge in [0.15, 0.2) is 0 Å². The van der Waals surface area contributed by atoms with E-state index in [1.165, 1.54) is 0 Å². The lowest BCUT2D eigenvalue weighted by Crippen LogP contribution is -2.42. The van der Waals surface area contributed by atoms with Crippen LogP contribution < -0.4 is 10.9 Å². The second kappa shape index (κ2) is 8.45. The zero-order chi connectivity index (χ0) is 20.9. The molecule has 3 aromatic carbocycles. The normalized spacial score (nSPS) is 10.4. The molecule has 0 aliphatic heterocycles. The van der Waals surface area contributed by atoms with Crippen LogP contribution in [-0.4, -0.2) is 21.6 Å². The Hall–Kier alpha value is -4.19. The first-order valence-electron chi connectivity index (χ1n) is 9.50. The van der Waals surface area contributed by atoms with Crippen molar-refractivity contribution in [3.05, 3.63) is 108 Å². The Morgan fingerprint density at radius 1 is 0.767 bits per heavy atom. The highest BCUT2D eigenvalue weighted by molar-refractivity contribution is 5.99. The minimum Gasteiger partial charge on any atom is -0.267 e. The lowest BCUT2D eigenvalue weighted by atomic mass is 10.1. The molecule has 0 radical (unpaired) electrons. The van der Waals surface area contributed by atoms with E-state index in [1.807, 2.05) is 79.7 Å². The smallest absolute Gasteiger partial charge is 0.267 e. The molecular weight excluding hydrogens is 376 g/mol. The van der Waals surface area contributed by atoms with Gasteiger partial charge in [0.2, 0.25) is 0 Å². The maximum Gasteiger partial charge on any atom is 0.288 e. The molecule has 0 spiro atoms. The molecule has 0 bridgehead atoms. The third-order valence-electron chi connectivity index (χ3n) is 4.62. The fraction of sp³-hybridized carbons (Fsp3) is 0.0417. The van der Waals surface area contributed by atoms with Crippen LogP contribution in [0.15, 0.2) is 91.0 Å². The number of aryl methyl sites for hydroxylation is 1. The summed E-state index contributed by atoms with van der Waals surface area (Å²) in [5.41, 5.74) is 9.07. The summed E-state index contributed by atoms with van der Waals surface area (Å²) < 4.78 is 1.57. The van der Waals surface area contributed by atoms with Gasteiger partial charge in [0.05, 0.1) is 11.4 Å². The van der Waals surface area contributed by atoms with Gasteiger partial charge in [-0.05, 0) is 37.3 Å². The molecule has 0 fully saturated rings. The molecule has 0 aliphatic carbocycles. The molecule has 4 aromatic rings. The zero-order valence-corrected chi connectivity index (χ0v) is 16.4. The van der Waals surface area contributed by atoms with Crippen LogP contribution in [0.1, 0.15) is 26.4 Å². The minimum absolute atomic E-state index is 0.309. The third kappa shape index (κ3) is 4.12. The molecule has 6 heteroatoms. The Labute approximate surface area is 174 Å². The van der Waals surface area contributed by atoms with Crippen LogP contribution in [0.2, 0.25) is 0 Å². The van der Waals surface area contributed by atoms with E-state index in [0.29, 0.717) is 17.0 Å². The Kier molecular flexibility index (Phi) is 5.39. The average molecular weight is 396 g/mol. The number of benzene rings is 3. The first-order chi connectivity index (χ1) is 14.6. The Morgan fingerprint density at radius 3 is 2.03 bits per heavy atom. The van der Waals surface area contributed by atoms with Crippen LogP contribution in [0.25, 0.3) is 16.9 Å². The number of aromatic nitrogens is 2. The number of hydrazine groups is 1. The number of amides is 2. The van der Waals surface area contributed by atoms with Crippen LogP contribution in [0, 0.1) is 6.92 Å². The Balaban J connectivity index is 1.60. The first kappa shape index (κ1) is 19.1. The van der Waals surface area contributed by atoms with Crippen molar-refractivity contribution in [2.45, 2.75) is 6.92 Å². The zero-order valence-electron chi connectivity index (χ0n) is 16.4. The molecule has 148 valence electrons. The number of hydrogen-bond donors (Lipinski definition) is 2. The van der Waals surface area contributed by atoms with E-state index in [4.69, 9.17) is 0 Å². The largest absolute Gasteiger partial charge is 0.288 e. The summed E-state index contributed by atoms with van der Waals surface area (Å²) >= 11 is 0. The molecule has 1 aromatic heterocycles. The van der Waals surface area contributed by atoms with Crippen molar-refractivity contribution in [3.8, 4) is 16.9 Å². The van der Waals surface area contributed by atoms with E-state index in [1.54, 1.807) is 22.9 Å². The molecule has 0 aliphatic rings. The van der Waals surface area contributed by atoms with Crippen molar-refractivity contribution in [2.75, 3.05) is 0 Å². The summed E-state index contributed by atoms with van der Waals surface area (Å²) in [5.74, 6) is -0.855. The van der Waals surface area contributed by atoms with Gasteiger partial charge in [0.25, 0.3) is 11.8 Å². The lowest BCUT2D eigenvalue weighted by Gasteiger charge is -2.09. The maximum absolute atomic E-state index is 12.9. The predicted molar refractivity (Wildman–Crippen MR) is 115 cm³/mol. The van der Waals surface area contributed by atoms with Gasteiger partial charge in [0, 0.05) is 11.1 Å². The molecule has 2 amide bonds. The van der Waals surface area contributed by atoms with Gasteiger partial charge < -0.3 is 0 Å². The van der Waals surface area contributed by atoms with Gasteiger partial charge >= 0.3 is 0 Å². The molecule has 2 N–H and O–H groups in total. The number of para-hydroxylation sites is 1. The van der Waals surface area contributed by atoms with Gasteiger partial charge in [-0.2, -0.15) is 5.10 Å². The topological polar surface area (TPSA) is 76.0 Å². The number of carbonyl (C=O) groups excluding carboxylic acids is 2. The van der Waals surface area contributed by atoms with Gasteiger partial charge in [-0.15, -0.1) is 0 Å². The number of hydrogen-bond acceptors (Lipinski definition) is 3. The quantitative estimate of drug-likeness (QED) is 0.513. The van der Waals surface area contributed by atoms with E-state index in [2.05, 4.69) is 16.0 Å². The molecule has 30 heavy (non-hydrogen) atoms. The highest BCUT2D eigenvalue weighted by Crippen LogP contribution is 2.21. The molecule has 1 heterocycles. The second-order valence-corrected chi connectivity index (χ2v) is 6.80. The number of carbonyl (C=O) groups is 2. The van der Waals surface area contributed by atoms with Gasteiger partial charge in [-0.25, -0.2) is 4.68 Å². The summed E-state index contributed by atoms with van der Waals surface area (Å²) in [5, 5.41) is 4.61. The third-order valence-corrected chi connectivity index (χ3v) is 4.62. The number of nitrogens with zero attached hydrogens (tertiary/aromatic N) is 2. The van der Waals surface area contributed by atoms with Gasteiger partial charge in [0.1, 0.15) is 5.69 Å². The molecule has 6 nitrogen and oxygen atoms in total. The summed E-state index contributed by atoms with van der Waals surface area (Å²) in [4.78, 5) is 25.2. The van der Waals surface area contributed by atoms with Gasteiger partial charge in [-0.1, -0.05) is 66.2 Å². The van der Waals surface area contributed by atoms with E-state index < -0.39 is 11.8 Å². The van der Waals surface area contributed by atoms with E-state index in [9.17, 15) is 9.59 Å². The number of rotatable bonds is 4. The molecule has 4 rings (SSSR count). The van der Waals surface area contributed by atoms with Gasteiger partial charge in [-0.3, -0.25) is 20.4 Å². The summed E-state index contributed by atoms with van der Waals surface area (Å²) in [6, 6.07) is 27.8. The van der Waals surface area contributed by atoms with Crippen LogP contribution in [0.4, 0.5) is 0 Å². The standard InChI is InChI=1S/C24H20N4O2/c1-17-12-14-19(15-13-17)23(29)25-26-24(30)22-16-21(18-8-4-2-5-9-18)27-28(22)20-10-6-3-7-11-20/h2-16H,1H3,(H,25,29)(H,26,30). The second-order valence-electron chi connectivity index (χ2n) is 6.80. The highest BCUT2D eigenvalue weighted by atomic mass is 16.2. The van der Waals surface area contributed by atoms with Crippen molar-refractivity contribution in [3.63, 3.8) is 0 Å². The van der Waals surface area contributed by atoms with Crippen molar-refractivity contribution in [2.24, 2.45) is 0 Å². The van der Waals surface area contributed by atoms with Crippen molar-refractivity contribution in [1.29, 1.82) is 0 Å². The predicted octanol–water partition coefficient (Wildman–Crippen LogP) is 3.92. The van der Waals surface area contributed by atoms with Crippen LogP contribution in [0.3, 0.4) is 0 Å². The summed E-state index contributed by atoms with van der Waals surface area (Å²) in [6.07, 6.45) is 0. The molecule has 0 saturated carbocycles.